The predicted octanol–water partition coefficient (Wildman–Crippen LogP) is -1.30. The second kappa shape index (κ2) is 4.40. The molecule has 0 aliphatic rings. The SMILES string of the molecule is C[N+](C)(C)c1ccc(C=O)cc1.[Cl-]. The van der Waals surface area contributed by atoms with Crippen LogP contribution in [-0.2, 0) is 0 Å². The highest BCUT2D eigenvalue weighted by molar-refractivity contribution is 5.75. The van der Waals surface area contributed by atoms with E-state index < -0.39 is 0 Å². The lowest BCUT2D eigenvalue weighted by atomic mass is 10.2. The summed E-state index contributed by atoms with van der Waals surface area (Å²) in [6.45, 7) is 0. The molecule has 0 heterocycles. The molecule has 1 rings (SSSR count). The fourth-order valence-electron chi connectivity index (χ4n) is 1.00. The number of carbonyl (C=O) groups excluding carboxylic acids is 1. The molecule has 0 aliphatic carbocycles. The van der Waals surface area contributed by atoms with Crippen LogP contribution in [0.4, 0.5) is 5.69 Å². The second-order valence-corrected chi connectivity index (χ2v) is 3.72. The van der Waals surface area contributed by atoms with E-state index in [1.165, 1.54) is 5.69 Å². The van der Waals surface area contributed by atoms with Gasteiger partial charge in [0.05, 0.1) is 21.1 Å². The van der Waals surface area contributed by atoms with Gasteiger partial charge in [-0.3, -0.25) is 9.28 Å². The average molecular weight is 200 g/mol. The quantitative estimate of drug-likeness (QED) is 0.428. The number of benzene rings is 1. The number of hydrogen-bond acceptors (Lipinski definition) is 1. The molecule has 0 unspecified atom stereocenters. The third-order valence-electron chi connectivity index (χ3n) is 1.80. The third kappa shape index (κ3) is 3.17. The van der Waals surface area contributed by atoms with Crippen LogP contribution in [0.2, 0.25) is 0 Å². The summed E-state index contributed by atoms with van der Waals surface area (Å²) < 4.78 is 0.777. The summed E-state index contributed by atoms with van der Waals surface area (Å²) in [7, 11) is 6.28. The Bertz CT molecular complexity index is 274. The molecule has 0 spiro atoms. The number of rotatable bonds is 2. The first-order valence-corrected chi connectivity index (χ1v) is 3.91. The molecule has 72 valence electrons. The normalized spacial score (nSPS) is 10.4. The zero-order chi connectivity index (χ0) is 9.19. The van der Waals surface area contributed by atoms with Crippen molar-refractivity contribution in [1.82, 2.24) is 4.48 Å². The first-order valence-electron chi connectivity index (χ1n) is 3.91. The minimum atomic E-state index is 0. The molecule has 1 aromatic rings. The maximum Gasteiger partial charge on any atom is 0.150 e. The van der Waals surface area contributed by atoms with Crippen molar-refractivity contribution in [2.45, 2.75) is 0 Å². The minimum absolute atomic E-state index is 0. The van der Waals surface area contributed by atoms with Crippen molar-refractivity contribution in [3.63, 3.8) is 0 Å². The number of halogens is 1. The van der Waals surface area contributed by atoms with Gasteiger partial charge in [0, 0.05) is 5.56 Å². The fourth-order valence-corrected chi connectivity index (χ4v) is 1.00. The zero-order valence-corrected chi connectivity index (χ0v) is 8.88. The molecule has 0 aliphatic heterocycles. The van der Waals surface area contributed by atoms with Gasteiger partial charge in [-0.25, -0.2) is 0 Å². The highest BCUT2D eigenvalue weighted by atomic mass is 35.5. The second-order valence-electron chi connectivity index (χ2n) is 3.72. The predicted molar refractivity (Wildman–Crippen MR) is 51.4 cm³/mol. The van der Waals surface area contributed by atoms with Gasteiger partial charge in [-0.1, -0.05) is 0 Å². The first kappa shape index (κ1) is 12.1. The van der Waals surface area contributed by atoms with Crippen molar-refractivity contribution >= 4 is 12.0 Å². The molecule has 0 N–H and O–H groups in total. The molecule has 0 aromatic heterocycles. The molecule has 13 heavy (non-hydrogen) atoms. The van der Waals surface area contributed by atoms with E-state index in [4.69, 9.17) is 0 Å². The van der Waals surface area contributed by atoms with Gasteiger partial charge in [-0.05, 0) is 24.3 Å². The van der Waals surface area contributed by atoms with E-state index in [0.29, 0.717) is 0 Å². The lowest BCUT2D eigenvalue weighted by molar-refractivity contribution is -0.00000916. The van der Waals surface area contributed by atoms with E-state index in [9.17, 15) is 4.79 Å². The summed E-state index contributed by atoms with van der Waals surface area (Å²) in [5.74, 6) is 0. The highest BCUT2D eigenvalue weighted by Gasteiger charge is 2.10. The summed E-state index contributed by atoms with van der Waals surface area (Å²) in [5.41, 5.74) is 1.92. The Labute approximate surface area is 85.2 Å². The Kier molecular flexibility index (Phi) is 4.11. The number of aldehydes is 1. The van der Waals surface area contributed by atoms with Crippen LogP contribution in [-0.4, -0.2) is 27.4 Å². The van der Waals surface area contributed by atoms with Crippen LogP contribution >= 0.6 is 0 Å². The van der Waals surface area contributed by atoms with E-state index in [2.05, 4.69) is 21.1 Å². The van der Waals surface area contributed by atoms with Crippen molar-refractivity contribution < 1.29 is 17.2 Å². The van der Waals surface area contributed by atoms with Gasteiger partial charge in [-0.15, -0.1) is 0 Å². The molecule has 0 bridgehead atoms. The van der Waals surface area contributed by atoms with Gasteiger partial charge in [0.15, 0.2) is 0 Å². The van der Waals surface area contributed by atoms with Gasteiger partial charge >= 0.3 is 0 Å². The van der Waals surface area contributed by atoms with Crippen LogP contribution in [0.3, 0.4) is 0 Å². The molecule has 3 heteroatoms. The first-order chi connectivity index (χ1) is 5.54. The van der Waals surface area contributed by atoms with Gasteiger partial charge in [0.1, 0.15) is 12.0 Å². The summed E-state index contributed by atoms with van der Waals surface area (Å²) in [4.78, 5) is 10.4. The van der Waals surface area contributed by atoms with Gasteiger partial charge in [-0.2, -0.15) is 0 Å². The molecule has 0 radical (unpaired) electrons. The topological polar surface area (TPSA) is 17.1 Å². The van der Waals surface area contributed by atoms with E-state index in [1.54, 1.807) is 0 Å². The van der Waals surface area contributed by atoms with E-state index in [-0.39, 0.29) is 12.4 Å². The maximum absolute atomic E-state index is 10.4. The Hall–Kier alpha value is -0.860. The Morgan fingerprint density at radius 1 is 1.08 bits per heavy atom. The molecule has 0 amide bonds. The van der Waals surface area contributed by atoms with Crippen molar-refractivity contribution in [3.8, 4) is 0 Å². The third-order valence-corrected chi connectivity index (χ3v) is 1.80. The Balaban J connectivity index is 0.00000144. The van der Waals surface area contributed by atoms with Crippen molar-refractivity contribution in [3.05, 3.63) is 29.8 Å². The molecule has 0 fully saturated rings. The summed E-state index contributed by atoms with van der Waals surface area (Å²) >= 11 is 0. The lowest BCUT2D eigenvalue weighted by Gasteiger charge is -2.23. The molecule has 1 aromatic carbocycles. The highest BCUT2D eigenvalue weighted by Crippen LogP contribution is 2.16. The molecule has 0 saturated heterocycles. The smallest absolute Gasteiger partial charge is 0.150 e. The lowest BCUT2D eigenvalue weighted by Crippen LogP contribution is -3.00. The van der Waals surface area contributed by atoms with Crippen LogP contribution in [0.1, 0.15) is 10.4 Å². The number of hydrogen-bond donors (Lipinski definition) is 0. The monoisotopic (exact) mass is 199 g/mol. The molecular weight excluding hydrogens is 186 g/mol. The largest absolute Gasteiger partial charge is 1.00 e. The van der Waals surface area contributed by atoms with E-state index in [0.717, 1.165) is 16.3 Å². The molecule has 2 nitrogen and oxygen atoms in total. The van der Waals surface area contributed by atoms with Gasteiger partial charge < -0.3 is 12.4 Å². The maximum atomic E-state index is 10.4. The van der Waals surface area contributed by atoms with Crippen LogP contribution in [0, 0.1) is 0 Å². The van der Waals surface area contributed by atoms with Crippen LogP contribution < -0.4 is 16.9 Å². The Morgan fingerprint density at radius 2 is 1.54 bits per heavy atom. The molecule has 0 atom stereocenters. The van der Waals surface area contributed by atoms with Gasteiger partial charge in [0.2, 0.25) is 0 Å². The summed E-state index contributed by atoms with van der Waals surface area (Å²) in [6, 6.07) is 7.63. The minimum Gasteiger partial charge on any atom is -1.00 e. The van der Waals surface area contributed by atoms with Crippen molar-refractivity contribution in [1.29, 1.82) is 0 Å². The molecular formula is C10H14ClNO. The number of quaternary nitrogens is 1. The standard InChI is InChI=1S/C10H14NO.ClH/c1-11(2,3)10-6-4-9(8-12)5-7-10;/h4-8H,1-3H3;1H/q+1;/p-1. The van der Waals surface area contributed by atoms with E-state index >= 15 is 0 Å². The van der Waals surface area contributed by atoms with Crippen molar-refractivity contribution in [2.75, 3.05) is 21.1 Å². The van der Waals surface area contributed by atoms with Crippen molar-refractivity contribution in [2.24, 2.45) is 0 Å². The number of carbonyl (C=O) groups is 1. The van der Waals surface area contributed by atoms with Crippen LogP contribution in [0.15, 0.2) is 24.3 Å². The Morgan fingerprint density at radius 3 is 1.85 bits per heavy atom. The summed E-state index contributed by atoms with van der Waals surface area (Å²) in [5, 5.41) is 0. The zero-order valence-electron chi connectivity index (χ0n) is 8.12. The van der Waals surface area contributed by atoms with Crippen LogP contribution in [0.25, 0.3) is 0 Å². The van der Waals surface area contributed by atoms with Gasteiger partial charge in [0.25, 0.3) is 0 Å². The van der Waals surface area contributed by atoms with Crippen LogP contribution in [0.5, 0.6) is 0 Å². The number of nitrogens with zero attached hydrogens (tertiary/aromatic N) is 1. The molecule has 0 saturated carbocycles. The fraction of sp³-hybridized carbons (Fsp3) is 0.300. The average Bonchev–Trinajstić information content (AvgIpc) is 2.03. The van der Waals surface area contributed by atoms with E-state index in [1.807, 2.05) is 24.3 Å². The summed E-state index contributed by atoms with van der Waals surface area (Å²) in [6.07, 6.45) is 0.861.